The molecule has 0 unspecified atom stereocenters. The van der Waals surface area contributed by atoms with E-state index in [-0.39, 0.29) is 11.5 Å². The summed E-state index contributed by atoms with van der Waals surface area (Å²) in [6, 6.07) is 6.44. The molecule has 0 saturated carbocycles. The van der Waals surface area contributed by atoms with E-state index in [9.17, 15) is 14.7 Å². The van der Waals surface area contributed by atoms with Crippen molar-refractivity contribution in [2.24, 2.45) is 0 Å². The molecule has 2 rings (SSSR count). The summed E-state index contributed by atoms with van der Waals surface area (Å²) < 4.78 is 4.00. The predicted octanol–water partition coefficient (Wildman–Crippen LogP) is 2.01. The lowest BCUT2D eigenvalue weighted by atomic mass is 10.1. The van der Waals surface area contributed by atoms with Crippen molar-refractivity contribution in [3.63, 3.8) is 0 Å². The number of anilines is 2. The average molecular weight is 291 g/mol. The van der Waals surface area contributed by atoms with E-state index in [4.69, 9.17) is 5.73 Å². The molecule has 1 amide bonds. The van der Waals surface area contributed by atoms with Crippen LogP contribution in [0.3, 0.4) is 0 Å². The number of hydrogen-bond donors (Lipinski definition) is 2. The Balaban J connectivity index is 2.36. The lowest BCUT2D eigenvalue weighted by Crippen LogP contribution is -2.26. The Bertz CT molecular complexity index is 664. The Morgan fingerprint density at radius 1 is 1.30 bits per heavy atom. The Morgan fingerprint density at radius 2 is 1.90 bits per heavy atom. The Kier molecular flexibility index (Phi) is 3.71. The number of aromatic nitrogens is 1. The van der Waals surface area contributed by atoms with Gasteiger partial charge in [0.2, 0.25) is 0 Å². The highest BCUT2D eigenvalue weighted by molar-refractivity contribution is 7.11. The van der Waals surface area contributed by atoms with Gasteiger partial charge < -0.3 is 15.7 Å². The maximum absolute atomic E-state index is 12.3. The Hall–Kier alpha value is -2.41. The monoisotopic (exact) mass is 291 g/mol. The number of amides is 1. The summed E-state index contributed by atoms with van der Waals surface area (Å²) in [6.45, 7) is 1.60. The molecule has 1 heterocycles. The van der Waals surface area contributed by atoms with Crippen LogP contribution >= 0.6 is 11.5 Å². The number of carbonyl (C=O) groups excluding carboxylic acids is 1. The number of nitrogens with two attached hydrogens (primary N) is 1. The number of nitrogen functional groups attached to an aromatic ring is 1. The molecule has 2 aromatic rings. The molecule has 1 aromatic heterocycles. The second-order valence-electron chi connectivity index (χ2n) is 4.24. The van der Waals surface area contributed by atoms with Crippen molar-refractivity contribution in [2.75, 3.05) is 17.7 Å². The zero-order valence-electron chi connectivity index (χ0n) is 11.0. The van der Waals surface area contributed by atoms with Crippen LogP contribution in [0.25, 0.3) is 0 Å². The molecule has 0 spiro atoms. The van der Waals surface area contributed by atoms with Gasteiger partial charge in [0, 0.05) is 18.3 Å². The SMILES string of the molecule is Cc1nsc(N(C)C(=O)c2ccc(N)cc2)c1C(=O)O. The minimum Gasteiger partial charge on any atom is -0.478 e. The van der Waals surface area contributed by atoms with Crippen LogP contribution in [0.15, 0.2) is 24.3 Å². The molecule has 104 valence electrons. The van der Waals surface area contributed by atoms with E-state index in [0.29, 0.717) is 21.9 Å². The highest BCUT2D eigenvalue weighted by Crippen LogP contribution is 2.28. The van der Waals surface area contributed by atoms with Crippen molar-refractivity contribution in [1.29, 1.82) is 0 Å². The fourth-order valence-electron chi connectivity index (χ4n) is 1.74. The van der Waals surface area contributed by atoms with Gasteiger partial charge >= 0.3 is 5.97 Å². The largest absolute Gasteiger partial charge is 0.478 e. The van der Waals surface area contributed by atoms with Crippen LogP contribution in [0.4, 0.5) is 10.7 Å². The highest BCUT2D eigenvalue weighted by atomic mass is 32.1. The van der Waals surface area contributed by atoms with Crippen molar-refractivity contribution in [2.45, 2.75) is 6.92 Å². The number of aromatic carboxylic acids is 1. The van der Waals surface area contributed by atoms with E-state index in [1.54, 1.807) is 31.2 Å². The summed E-state index contributed by atoms with van der Waals surface area (Å²) >= 11 is 0.988. The van der Waals surface area contributed by atoms with Gasteiger partial charge in [-0.05, 0) is 42.7 Å². The first-order chi connectivity index (χ1) is 9.41. The fraction of sp³-hybridized carbons (Fsp3) is 0.154. The van der Waals surface area contributed by atoms with Gasteiger partial charge in [0.1, 0.15) is 10.6 Å². The molecule has 0 fully saturated rings. The Morgan fingerprint density at radius 3 is 2.45 bits per heavy atom. The van der Waals surface area contributed by atoms with Crippen LogP contribution in [-0.2, 0) is 0 Å². The minimum atomic E-state index is -1.09. The van der Waals surface area contributed by atoms with E-state index >= 15 is 0 Å². The van der Waals surface area contributed by atoms with Gasteiger partial charge in [-0.25, -0.2) is 4.79 Å². The summed E-state index contributed by atoms with van der Waals surface area (Å²) in [5.41, 5.74) is 7.02. The third kappa shape index (κ3) is 2.48. The second kappa shape index (κ2) is 5.30. The number of benzene rings is 1. The lowest BCUT2D eigenvalue weighted by Gasteiger charge is -2.15. The summed E-state index contributed by atoms with van der Waals surface area (Å²) in [5, 5.41) is 9.50. The van der Waals surface area contributed by atoms with Gasteiger partial charge in [0.15, 0.2) is 0 Å². The molecule has 3 N–H and O–H groups in total. The van der Waals surface area contributed by atoms with Gasteiger partial charge in [0.05, 0.1) is 5.69 Å². The lowest BCUT2D eigenvalue weighted by molar-refractivity contribution is 0.0697. The van der Waals surface area contributed by atoms with Crippen LogP contribution in [-0.4, -0.2) is 28.4 Å². The molecule has 6 nitrogen and oxygen atoms in total. The van der Waals surface area contributed by atoms with E-state index in [1.165, 1.54) is 11.9 Å². The second-order valence-corrected chi connectivity index (χ2v) is 4.99. The zero-order valence-corrected chi connectivity index (χ0v) is 11.8. The van der Waals surface area contributed by atoms with Crippen LogP contribution in [0, 0.1) is 6.92 Å². The molecule has 0 atom stereocenters. The first kappa shape index (κ1) is 14.0. The number of carboxylic acids is 1. The molecule has 7 heteroatoms. The number of aryl methyl sites for hydroxylation is 1. The Labute approximate surface area is 119 Å². The first-order valence-corrected chi connectivity index (χ1v) is 6.52. The maximum atomic E-state index is 12.3. The molecule has 0 aliphatic carbocycles. The normalized spacial score (nSPS) is 10.3. The van der Waals surface area contributed by atoms with Crippen molar-refractivity contribution in [3.8, 4) is 0 Å². The number of carbonyl (C=O) groups is 2. The van der Waals surface area contributed by atoms with E-state index in [1.807, 2.05) is 0 Å². The quantitative estimate of drug-likeness (QED) is 0.843. The predicted molar refractivity (Wildman–Crippen MR) is 77.4 cm³/mol. The third-order valence-corrected chi connectivity index (χ3v) is 3.84. The fourth-order valence-corrected chi connectivity index (χ4v) is 2.59. The molecule has 0 radical (unpaired) electrons. The summed E-state index contributed by atoms with van der Waals surface area (Å²) in [6.07, 6.45) is 0. The molecule has 0 saturated heterocycles. The van der Waals surface area contributed by atoms with Crippen LogP contribution < -0.4 is 10.6 Å². The molecule has 0 aliphatic heterocycles. The average Bonchev–Trinajstić information content (AvgIpc) is 2.80. The highest BCUT2D eigenvalue weighted by Gasteiger charge is 2.24. The van der Waals surface area contributed by atoms with Crippen molar-refractivity contribution >= 4 is 34.1 Å². The van der Waals surface area contributed by atoms with Gasteiger partial charge in [-0.2, -0.15) is 4.37 Å². The molecule has 20 heavy (non-hydrogen) atoms. The summed E-state index contributed by atoms with van der Waals surface area (Å²) in [5.74, 6) is -1.40. The molecule has 0 bridgehead atoms. The van der Waals surface area contributed by atoms with Crippen LogP contribution in [0.1, 0.15) is 26.4 Å². The van der Waals surface area contributed by atoms with E-state index < -0.39 is 5.97 Å². The third-order valence-electron chi connectivity index (χ3n) is 2.83. The van der Waals surface area contributed by atoms with Crippen molar-refractivity contribution in [1.82, 2.24) is 4.37 Å². The van der Waals surface area contributed by atoms with Crippen molar-refractivity contribution in [3.05, 3.63) is 41.1 Å². The van der Waals surface area contributed by atoms with E-state index in [2.05, 4.69) is 4.37 Å². The molecule has 1 aromatic carbocycles. The molecular formula is C13H13N3O3S. The standard InChI is InChI=1S/C13H13N3O3S/c1-7-10(13(18)19)12(20-15-7)16(2)11(17)8-3-5-9(14)6-4-8/h3-6H,14H2,1-2H3,(H,18,19). The number of rotatable bonds is 3. The zero-order chi connectivity index (χ0) is 14.9. The summed E-state index contributed by atoms with van der Waals surface area (Å²) in [4.78, 5) is 24.8. The topological polar surface area (TPSA) is 96.5 Å². The molecule has 0 aliphatic rings. The number of nitrogens with zero attached hydrogens (tertiary/aromatic N) is 2. The minimum absolute atomic E-state index is 0.0568. The van der Waals surface area contributed by atoms with E-state index in [0.717, 1.165) is 11.5 Å². The van der Waals surface area contributed by atoms with Crippen LogP contribution in [0.5, 0.6) is 0 Å². The maximum Gasteiger partial charge on any atom is 0.340 e. The van der Waals surface area contributed by atoms with Gasteiger partial charge in [-0.3, -0.25) is 4.79 Å². The molecular weight excluding hydrogens is 278 g/mol. The first-order valence-electron chi connectivity index (χ1n) is 5.75. The van der Waals surface area contributed by atoms with Crippen molar-refractivity contribution < 1.29 is 14.7 Å². The number of carboxylic acid groups (broad SMARTS) is 1. The smallest absolute Gasteiger partial charge is 0.340 e. The van der Waals surface area contributed by atoms with Gasteiger partial charge in [-0.15, -0.1) is 0 Å². The van der Waals surface area contributed by atoms with Gasteiger partial charge in [-0.1, -0.05) is 0 Å². The van der Waals surface area contributed by atoms with Gasteiger partial charge in [0.25, 0.3) is 5.91 Å². The van der Waals surface area contributed by atoms with Crippen LogP contribution in [0.2, 0.25) is 0 Å². The summed E-state index contributed by atoms with van der Waals surface area (Å²) in [7, 11) is 1.53. The number of hydrogen-bond acceptors (Lipinski definition) is 5.